The van der Waals surface area contributed by atoms with Crippen LogP contribution in [0.4, 0.5) is 0 Å². The summed E-state index contributed by atoms with van der Waals surface area (Å²) in [5, 5.41) is 13.3. The molecule has 2 nitrogen and oxygen atoms in total. The van der Waals surface area contributed by atoms with Crippen molar-refractivity contribution in [3.8, 4) is 16.3 Å². The van der Waals surface area contributed by atoms with Crippen molar-refractivity contribution in [1.29, 1.82) is 0 Å². The van der Waals surface area contributed by atoms with Crippen molar-refractivity contribution in [2.24, 2.45) is 0 Å². The van der Waals surface area contributed by atoms with Gasteiger partial charge in [-0.05, 0) is 47.5 Å². The quantitative estimate of drug-likeness (QED) is 0.527. The molecule has 1 heterocycles. The third-order valence-electron chi connectivity index (χ3n) is 3.64. The molecule has 1 N–H and O–H groups in total. The van der Waals surface area contributed by atoms with Crippen molar-refractivity contribution in [2.45, 2.75) is 6.92 Å². The van der Waals surface area contributed by atoms with Gasteiger partial charge < -0.3 is 5.11 Å². The SMILES string of the molecule is Cc1ccc2nc(-c3cc4ccccc4cc3O)sc2c1. The number of fused-ring (bicyclic) bond motifs is 2. The number of benzene rings is 3. The maximum absolute atomic E-state index is 10.3. The summed E-state index contributed by atoms with van der Waals surface area (Å²) >= 11 is 1.62. The van der Waals surface area contributed by atoms with Gasteiger partial charge >= 0.3 is 0 Å². The maximum atomic E-state index is 10.3. The number of hydrogen-bond acceptors (Lipinski definition) is 3. The summed E-state index contributed by atoms with van der Waals surface area (Å²) in [6, 6.07) is 18.1. The molecule has 21 heavy (non-hydrogen) atoms. The summed E-state index contributed by atoms with van der Waals surface area (Å²) in [5.74, 6) is 0.282. The zero-order chi connectivity index (χ0) is 14.4. The molecule has 0 aliphatic heterocycles. The van der Waals surface area contributed by atoms with Crippen molar-refractivity contribution < 1.29 is 5.11 Å². The minimum atomic E-state index is 0.282. The van der Waals surface area contributed by atoms with Crippen molar-refractivity contribution >= 4 is 32.3 Å². The highest BCUT2D eigenvalue weighted by molar-refractivity contribution is 7.21. The fourth-order valence-electron chi connectivity index (χ4n) is 2.55. The van der Waals surface area contributed by atoms with Gasteiger partial charge in [0.15, 0.2) is 0 Å². The second-order valence-electron chi connectivity index (χ2n) is 5.21. The minimum absolute atomic E-state index is 0.282. The van der Waals surface area contributed by atoms with Crippen molar-refractivity contribution in [2.75, 3.05) is 0 Å². The molecular formula is C18H13NOS. The molecule has 0 spiro atoms. The lowest BCUT2D eigenvalue weighted by Crippen LogP contribution is -1.80. The third kappa shape index (κ3) is 2.06. The van der Waals surface area contributed by atoms with E-state index in [0.717, 1.165) is 31.6 Å². The van der Waals surface area contributed by atoms with Gasteiger partial charge in [-0.25, -0.2) is 4.98 Å². The Hall–Kier alpha value is -2.39. The Kier molecular flexibility index (Phi) is 2.69. The van der Waals surface area contributed by atoms with E-state index in [0.29, 0.717) is 0 Å². The van der Waals surface area contributed by atoms with Gasteiger partial charge in [-0.3, -0.25) is 0 Å². The molecule has 0 aliphatic carbocycles. The molecule has 0 fully saturated rings. The van der Waals surface area contributed by atoms with Crippen LogP contribution < -0.4 is 0 Å². The molecule has 0 bridgehead atoms. The smallest absolute Gasteiger partial charge is 0.128 e. The van der Waals surface area contributed by atoms with E-state index in [9.17, 15) is 5.11 Å². The summed E-state index contributed by atoms with van der Waals surface area (Å²) in [7, 11) is 0. The van der Waals surface area contributed by atoms with Gasteiger partial charge in [-0.2, -0.15) is 0 Å². The number of thiazole rings is 1. The number of phenols is 1. The molecule has 4 aromatic rings. The van der Waals surface area contributed by atoms with Crippen LogP contribution in [0, 0.1) is 6.92 Å². The molecule has 1 aromatic heterocycles. The molecule has 0 atom stereocenters. The van der Waals surface area contributed by atoms with E-state index in [1.54, 1.807) is 11.3 Å². The summed E-state index contributed by atoms with van der Waals surface area (Å²) in [6.45, 7) is 2.08. The van der Waals surface area contributed by atoms with Gasteiger partial charge in [0.05, 0.1) is 15.8 Å². The second kappa shape index (κ2) is 4.57. The molecule has 0 aliphatic rings. The molecule has 3 aromatic carbocycles. The predicted octanol–water partition coefficient (Wildman–Crippen LogP) is 5.13. The van der Waals surface area contributed by atoms with Crippen LogP contribution in [0.5, 0.6) is 5.75 Å². The van der Waals surface area contributed by atoms with Gasteiger partial charge in [0.1, 0.15) is 10.8 Å². The number of phenolic OH excluding ortho intramolecular Hbond substituents is 1. The van der Waals surface area contributed by atoms with Crippen molar-refractivity contribution in [3.63, 3.8) is 0 Å². The zero-order valence-electron chi connectivity index (χ0n) is 11.5. The topological polar surface area (TPSA) is 33.1 Å². The highest BCUT2D eigenvalue weighted by atomic mass is 32.1. The minimum Gasteiger partial charge on any atom is -0.507 e. The Balaban J connectivity index is 1.96. The molecule has 4 rings (SSSR count). The Morgan fingerprint density at radius 2 is 1.71 bits per heavy atom. The highest BCUT2D eigenvalue weighted by Crippen LogP contribution is 2.37. The van der Waals surface area contributed by atoms with Gasteiger partial charge in [-0.15, -0.1) is 11.3 Å². The standard InChI is InChI=1S/C18H13NOS/c1-11-6-7-15-17(8-11)21-18(19-15)14-9-12-4-2-3-5-13(12)10-16(14)20/h2-10,20H,1H3. The Morgan fingerprint density at radius 1 is 0.952 bits per heavy atom. The van der Waals surface area contributed by atoms with Crippen LogP contribution in [0.15, 0.2) is 54.6 Å². The van der Waals surface area contributed by atoms with E-state index in [2.05, 4.69) is 30.1 Å². The van der Waals surface area contributed by atoms with Gasteiger partial charge in [-0.1, -0.05) is 30.3 Å². The van der Waals surface area contributed by atoms with E-state index >= 15 is 0 Å². The monoisotopic (exact) mass is 291 g/mol. The lowest BCUT2D eigenvalue weighted by atomic mass is 10.1. The van der Waals surface area contributed by atoms with Gasteiger partial charge in [0.25, 0.3) is 0 Å². The normalized spacial score (nSPS) is 11.3. The first-order valence-electron chi connectivity index (χ1n) is 6.80. The average Bonchev–Trinajstić information content (AvgIpc) is 2.89. The van der Waals surface area contributed by atoms with Crippen LogP contribution in [0.25, 0.3) is 31.6 Å². The van der Waals surface area contributed by atoms with Crippen LogP contribution in [0.2, 0.25) is 0 Å². The number of nitrogens with zero attached hydrogens (tertiary/aromatic N) is 1. The molecule has 3 heteroatoms. The first-order valence-corrected chi connectivity index (χ1v) is 7.62. The van der Waals surface area contributed by atoms with E-state index in [1.807, 2.05) is 36.4 Å². The molecule has 0 unspecified atom stereocenters. The largest absolute Gasteiger partial charge is 0.507 e. The Labute approximate surface area is 126 Å². The van der Waals surface area contributed by atoms with Crippen LogP contribution in [0.3, 0.4) is 0 Å². The molecule has 102 valence electrons. The zero-order valence-corrected chi connectivity index (χ0v) is 12.3. The molecule has 0 amide bonds. The predicted molar refractivity (Wildman–Crippen MR) is 89.0 cm³/mol. The number of rotatable bonds is 1. The second-order valence-corrected chi connectivity index (χ2v) is 6.24. The molecule has 0 radical (unpaired) electrons. The van der Waals surface area contributed by atoms with Crippen LogP contribution in [0.1, 0.15) is 5.56 Å². The van der Waals surface area contributed by atoms with E-state index in [1.165, 1.54) is 5.56 Å². The maximum Gasteiger partial charge on any atom is 0.128 e. The van der Waals surface area contributed by atoms with Crippen molar-refractivity contribution in [1.82, 2.24) is 4.98 Å². The number of aryl methyl sites for hydroxylation is 1. The first kappa shape index (κ1) is 12.4. The van der Waals surface area contributed by atoms with Crippen LogP contribution >= 0.6 is 11.3 Å². The van der Waals surface area contributed by atoms with Gasteiger partial charge in [0, 0.05) is 0 Å². The molecule has 0 saturated heterocycles. The fourth-order valence-corrected chi connectivity index (χ4v) is 3.64. The summed E-state index contributed by atoms with van der Waals surface area (Å²) in [5.41, 5.74) is 3.00. The van der Waals surface area contributed by atoms with Crippen LogP contribution in [-0.4, -0.2) is 10.1 Å². The number of hydrogen-bond donors (Lipinski definition) is 1. The Bertz CT molecular complexity index is 971. The molecule has 0 saturated carbocycles. The fraction of sp³-hybridized carbons (Fsp3) is 0.0556. The summed E-state index contributed by atoms with van der Waals surface area (Å²) in [6.07, 6.45) is 0. The lowest BCUT2D eigenvalue weighted by molar-refractivity contribution is 0.478. The average molecular weight is 291 g/mol. The van der Waals surface area contributed by atoms with Gasteiger partial charge in [0.2, 0.25) is 0 Å². The lowest BCUT2D eigenvalue weighted by Gasteiger charge is -2.04. The number of aromatic nitrogens is 1. The highest BCUT2D eigenvalue weighted by Gasteiger charge is 2.11. The third-order valence-corrected chi connectivity index (χ3v) is 4.69. The number of aromatic hydroxyl groups is 1. The van der Waals surface area contributed by atoms with E-state index < -0.39 is 0 Å². The first-order chi connectivity index (χ1) is 10.2. The summed E-state index contributed by atoms with van der Waals surface area (Å²) < 4.78 is 1.15. The van der Waals surface area contributed by atoms with Crippen molar-refractivity contribution in [3.05, 3.63) is 60.2 Å². The Morgan fingerprint density at radius 3 is 2.52 bits per heavy atom. The molecular weight excluding hydrogens is 278 g/mol. The van der Waals surface area contributed by atoms with E-state index in [-0.39, 0.29) is 5.75 Å². The van der Waals surface area contributed by atoms with E-state index in [4.69, 9.17) is 0 Å². The van der Waals surface area contributed by atoms with Crippen LogP contribution in [-0.2, 0) is 0 Å². The summed E-state index contributed by atoms with van der Waals surface area (Å²) in [4.78, 5) is 4.65.